The van der Waals surface area contributed by atoms with Crippen molar-refractivity contribution < 1.29 is 13.5 Å². The van der Waals surface area contributed by atoms with Crippen molar-refractivity contribution >= 4 is 0 Å². The van der Waals surface area contributed by atoms with Gasteiger partial charge in [0.1, 0.15) is 11.6 Å². The van der Waals surface area contributed by atoms with Crippen LogP contribution in [0, 0.1) is 11.6 Å². The van der Waals surface area contributed by atoms with Crippen molar-refractivity contribution in [3.63, 3.8) is 0 Å². The molecule has 1 N–H and O–H groups in total. The first-order chi connectivity index (χ1) is 10.1. The van der Waals surface area contributed by atoms with Crippen LogP contribution in [0.2, 0.25) is 0 Å². The summed E-state index contributed by atoms with van der Waals surface area (Å²) in [5.41, 5.74) is 2.19. The fraction of sp³-hybridized carbons (Fsp3) is 0.294. The lowest BCUT2D eigenvalue weighted by molar-refractivity contribution is 0.185. The fourth-order valence-corrected chi connectivity index (χ4v) is 2.29. The molecule has 0 aliphatic carbocycles. The van der Waals surface area contributed by atoms with E-state index in [1.807, 2.05) is 24.3 Å². The summed E-state index contributed by atoms with van der Waals surface area (Å²) in [6.45, 7) is 2.83. The highest BCUT2D eigenvalue weighted by Crippen LogP contribution is 2.20. The van der Waals surface area contributed by atoms with E-state index in [-0.39, 0.29) is 5.56 Å². The molecule has 2 nitrogen and oxygen atoms in total. The Bertz CT molecular complexity index is 581. The van der Waals surface area contributed by atoms with Crippen LogP contribution in [-0.2, 0) is 17.9 Å². The van der Waals surface area contributed by atoms with E-state index >= 15 is 0 Å². The van der Waals surface area contributed by atoms with Crippen molar-refractivity contribution in [2.24, 2.45) is 0 Å². The lowest BCUT2D eigenvalue weighted by atomic mass is 10.1. The molecule has 0 fully saturated rings. The Morgan fingerprint density at radius 3 is 2.33 bits per heavy atom. The highest BCUT2D eigenvalue weighted by atomic mass is 19.1. The van der Waals surface area contributed by atoms with E-state index in [2.05, 4.69) is 5.32 Å². The molecule has 0 saturated carbocycles. The van der Waals surface area contributed by atoms with Gasteiger partial charge in [-0.1, -0.05) is 30.3 Å². The van der Waals surface area contributed by atoms with Gasteiger partial charge in [-0.15, -0.1) is 0 Å². The third kappa shape index (κ3) is 4.09. The van der Waals surface area contributed by atoms with Crippen molar-refractivity contribution in [3.8, 4) is 0 Å². The van der Waals surface area contributed by atoms with E-state index < -0.39 is 17.7 Å². The smallest absolute Gasteiger partial charge is 0.130 e. The van der Waals surface area contributed by atoms with Crippen LogP contribution in [0.1, 0.15) is 29.7 Å². The first kappa shape index (κ1) is 15.6. The molecule has 112 valence electrons. The summed E-state index contributed by atoms with van der Waals surface area (Å²) in [6, 6.07) is 11.4. The normalized spacial score (nSPS) is 12.4. The molecule has 2 aromatic rings. The third-order valence-electron chi connectivity index (χ3n) is 3.35. The van der Waals surface area contributed by atoms with Gasteiger partial charge in [0, 0.05) is 25.3 Å². The molecule has 0 heterocycles. The molecule has 0 bridgehead atoms. The number of hydrogen-bond donors (Lipinski definition) is 1. The number of ether oxygens (including phenoxy) is 1. The van der Waals surface area contributed by atoms with E-state index in [1.165, 1.54) is 18.2 Å². The zero-order valence-electron chi connectivity index (χ0n) is 12.2. The lowest BCUT2D eigenvalue weighted by Crippen LogP contribution is -2.20. The average molecular weight is 291 g/mol. The van der Waals surface area contributed by atoms with Crippen molar-refractivity contribution in [2.45, 2.75) is 26.1 Å². The van der Waals surface area contributed by atoms with Crippen molar-refractivity contribution in [1.29, 1.82) is 0 Å². The molecule has 0 saturated heterocycles. The van der Waals surface area contributed by atoms with Crippen LogP contribution in [0.4, 0.5) is 8.78 Å². The number of benzene rings is 2. The summed E-state index contributed by atoms with van der Waals surface area (Å²) in [5.74, 6) is -1.05. The average Bonchev–Trinajstić information content (AvgIpc) is 2.46. The molecular weight excluding hydrogens is 272 g/mol. The molecule has 0 aliphatic rings. The molecular formula is C17H19F2NO. The predicted molar refractivity (Wildman–Crippen MR) is 78.8 cm³/mol. The number of hydrogen-bond acceptors (Lipinski definition) is 2. The van der Waals surface area contributed by atoms with Gasteiger partial charge in [0.05, 0.1) is 6.61 Å². The maximum absolute atomic E-state index is 13.7. The molecule has 0 spiro atoms. The second-order valence-corrected chi connectivity index (χ2v) is 4.99. The SMILES string of the molecule is COCc1cccc(CNC(C)c2c(F)cccc2F)c1. The Morgan fingerprint density at radius 2 is 1.67 bits per heavy atom. The maximum atomic E-state index is 13.7. The summed E-state index contributed by atoms with van der Waals surface area (Å²) >= 11 is 0. The van der Waals surface area contributed by atoms with Gasteiger partial charge >= 0.3 is 0 Å². The minimum atomic E-state index is -0.525. The van der Waals surface area contributed by atoms with E-state index in [4.69, 9.17) is 4.74 Å². The summed E-state index contributed by atoms with van der Waals surface area (Å²) < 4.78 is 32.5. The van der Waals surface area contributed by atoms with Crippen molar-refractivity contribution in [3.05, 3.63) is 70.8 Å². The zero-order valence-corrected chi connectivity index (χ0v) is 12.2. The number of nitrogens with one attached hydrogen (secondary N) is 1. The number of halogens is 2. The molecule has 21 heavy (non-hydrogen) atoms. The van der Waals surface area contributed by atoms with Gasteiger partial charge in [0.2, 0.25) is 0 Å². The van der Waals surface area contributed by atoms with Gasteiger partial charge in [0.15, 0.2) is 0 Å². The van der Waals surface area contributed by atoms with Crippen LogP contribution in [0.15, 0.2) is 42.5 Å². The van der Waals surface area contributed by atoms with Gasteiger partial charge in [-0.3, -0.25) is 0 Å². The van der Waals surface area contributed by atoms with E-state index in [1.54, 1.807) is 14.0 Å². The predicted octanol–water partition coefficient (Wildman–Crippen LogP) is 3.96. The molecule has 4 heteroatoms. The molecule has 1 unspecified atom stereocenters. The molecule has 0 aliphatic heterocycles. The molecule has 0 amide bonds. The lowest BCUT2D eigenvalue weighted by Gasteiger charge is -2.16. The first-order valence-corrected chi connectivity index (χ1v) is 6.86. The van der Waals surface area contributed by atoms with Crippen molar-refractivity contribution in [2.75, 3.05) is 7.11 Å². The topological polar surface area (TPSA) is 21.3 Å². The molecule has 1 atom stereocenters. The Labute approximate surface area is 123 Å². The number of methoxy groups -OCH3 is 1. The minimum absolute atomic E-state index is 0.0746. The third-order valence-corrected chi connectivity index (χ3v) is 3.35. The highest BCUT2D eigenvalue weighted by Gasteiger charge is 2.15. The van der Waals surface area contributed by atoms with Gasteiger partial charge in [0.25, 0.3) is 0 Å². The summed E-state index contributed by atoms with van der Waals surface area (Å²) in [7, 11) is 1.65. The maximum Gasteiger partial charge on any atom is 0.130 e. The molecule has 2 rings (SSSR count). The van der Waals surface area contributed by atoms with E-state index in [0.717, 1.165) is 11.1 Å². The van der Waals surface area contributed by atoms with Gasteiger partial charge in [-0.25, -0.2) is 8.78 Å². The molecule has 0 radical (unpaired) electrons. The van der Waals surface area contributed by atoms with E-state index in [9.17, 15) is 8.78 Å². The Morgan fingerprint density at radius 1 is 1.05 bits per heavy atom. The summed E-state index contributed by atoms with van der Waals surface area (Å²) in [6.07, 6.45) is 0. The first-order valence-electron chi connectivity index (χ1n) is 6.86. The standard InChI is InChI=1S/C17H19F2NO/c1-12(17-15(18)7-4-8-16(17)19)20-10-13-5-3-6-14(9-13)11-21-2/h3-9,12,20H,10-11H2,1-2H3. The van der Waals surface area contributed by atoms with Crippen LogP contribution in [0.5, 0.6) is 0 Å². The molecule has 0 aromatic heterocycles. The minimum Gasteiger partial charge on any atom is -0.380 e. The van der Waals surface area contributed by atoms with Gasteiger partial charge < -0.3 is 10.1 Å². The second-order valence-electron chi connectivity index (χ2n) is 4.99. The van der Waals surface area contributed by atoms with Crippen LogP contribution in [0.3, 0.4) is 0 Å². The Hall–Kier alpha value is -1.78. The van der Waals surface area contributed by atoms with Gasteiger partial charge in [-0.05, 0) is 30.2 Å². The van der Waals surface area contributed by atoms with Crippen LogP contribution in [-0.4, -0.2) is 7.11 Å². The monoisotopic (exact) mass is 291 g/mol. The molecule has 2 aromatic carbocycles. The van der Waals surface area contributed by atoms with Crippen LogP contribution < -0.4 is 5.32 Å². The fourth-order valence-electron chi connectivity index (χ4n) is 2.29. The Kier molecular flexibility index (Phi) is 5.42. The highest BCUT2D eigenvalue weighted by molar-refractivity contribution is 5.25. The summed E-state index contributed by atoms with van der Waals surface area (Å²) in [4.78, 5) is 0. The largest absolute Gasteiger partial charge is 0.380 e. The quantitative estimate of drug-likeness (QED) is 0.869. The van der Waals surface area contributed by atoms with E-state index in [0.29, 0.717) is 13.2 Å². The van der Waals surface area contributed by atoms with Crippen LogP contribution in [0.25, 0.3) is 0 Å². The van der Waals surface area contributed by atoms with Crippen LogP contribution >= 0.6 is 0 Å². The van der Waals surface area contributed by atoms with Crippen molar-refractivity contribution in [1.82, 2.24) is 5.32 Å². The Balaban J connectivity index is 2.04. The second kappa shape index (κ2) is 7.29. The zero-order chi connectivity index (χ0) is 15.2. The van der Waals surface area contributed by atoms with Gasteiger partial charge in [-0.2, -0.15) is 0 Å². The number of rotatable bonds is 6. The summed E-state index contributed by atoms with van der Waals surface area (Å²) in [5, 5.41) is 3.15.